The number of aromatic nitrogens is 2. The number of nitrogens with zero attached hydrogens (tertiary/aromatic N) is 1. The number of thiophene rings is 1. The van der Waals surface area contributed by atoms with Crippen LogP contribution in [0, 0.1) is 6.92 Å². The number of hydrogen-bond donors (Lipinski definition) is 2. The summed E-state index contributed by atoms with van der Waals surface area (Å²) in [6.45, 7) is 3.59. The molecule has 0 radical (unpaired) electrons. The minimum absolute atomic E-state index is 0.337. The topological polar surface area (TPSA) is 67.0 Å². The van der Waals surface area contributed by atoms with Crippen LogP contribution >= 0.6 is 11.3 Å². The van der Waals surface area contributed by atoms with Crippen LogP contribution in [0.15, 0.2) is 30.5 Å². The molecule has 0 saturated heterocycles. The van der Waals surface area contributed by atoms with Crippen molar-refractivity contribution in [2.75, 3.05) is 7.11 Å². The first-order valence-corrected chi connectivity index (χ1v) is 7.79. The fraction of sp³-hybridized carbons (Fsp3) is 0.250. The van der Waals surface area contributed by atoms with Gasteiger partial charge in [0.2, 0.25) is 0 Å². The fourth-order valence-corrected chi connectivity index (χ4v) is 3.35. The molecular weight excluding hydrogens is 298 g/mol. The second-order valence-corrected chi connectivity index (χ2v) is 6.22. The number of carbonyl (C=O) groups is 1. The van der Waals surface area contributed by atoms with E-state index in [4.69, 9.17) is 4.74 Å². The number of H-pyrrole nitrogens is 1. The summed E-state index contributed by atoms with van der Waals surface area (Å²) in [6.07, 6.45) is 1.83. The maximum absolute atomic E-state index is 11.5. The molecule has 3 aromatic heterocycles. The molecule has 0 saturated carbocycles. The largest absolute Gasteiger partial charge is 0.464 e. The molecule has 0 aliphatic rings. The number of methoxy groups -OCH3 is 1. The SMILES string of the molecule is COC(=O)c1cc2cc(CNCc3ccnc(C)c3)sc2[nH]1. The lowest BCUT2D eigenvalue weighted by molar-refractivity contribution is 0.0595. The standard InChI is InChI=1S/C16H17N3O2S/c1-10-5-11(3-4-18-10)8-17-9-13-6-12-7-14(16(20)21-2)19-15(12)22-13/h3-7,17,19H,8-9H2,1-2H3. The first-order valence-electron chi connectivity index (χ1n) is 6.97. The van der Waals surface area contributed by atoms with Gasteiger partial charge in [-0.3, -0.25) is 4.98 Å². The summed E-state index contributed by atoms with van der Waals surface area (Å²) in [5.74, 6) is -0.337. The zero-order chi connectivity index (χ0) is 15.5. The number of aromatic amines is 1. The lowest BCUT2D eigenvalue weighted by Gasteiger charge is -2.03. The number of nitrogens with one attached hydrogen (secondary N) is 2. The van der Waals surface area contributed by atoms with Crippen molar-refractivity contribution in [2.24, 2.45) is 0 Å². The Labute approximate surface area is 132 Å². The van der Waals surface area contributed by atoms with Crippen molar-refractivity contribution in [3.63, 3.8) is 0 Å². The van der Waals surface area contributed by atoms with Gasteiger partial charge >= 0.3 is 5.97 Å². The van der Waals surface area contributed by atoms with Crippen molar-refractivity contribution in [1.29, 1.82) is 0 Å². The van der Waals surface area contributed by atoms with Crippen LogP contribution in [0.4, 0.5) is 0 Å². The highest BCUT2D eigenvalue weighted by atomic mass is 32.1. The summed E-state index contributed by atoms with van der Waals surface area (Å²) >= 11 is 1.65. The van der Waals surface area contributed by atoms with E-state index in [0.29, 0.717) is 5.69 Å². The molecule has 3 heterocycles. The number of aryl methyl sites for hydroxylation is 1. The molecule has 0 bridgehead atoms. The Hall–Kier alpha value is -2.18. The van der Waals surface area contributed by atoms with E-state index in [9.17, 15) is 4.79 Å². The molecule has 114 valence electrons. The van der Waals surface area contributed by atoms with Crippen LogP contribution < -0.4 is 5.32 Å². The van der Waals surface area contributed by atoms with Gasteiger partial charge in [0.25, 0.3) is 0 Å². The van der Waals surface area contributed by atoms with E-state index in [-0.39, 0.29) is 5.97 Å². The molecule has 0 aliphatic carbocycles. The highest BCUT2D eigenvalue weighted by Crippen LogP contribution is 2.26. The number of rotatable bonds is 5. The van der Waals surface area contributed by atoms with E-state index in [2.05, 4.69) is 27.4 Å². The average Bonchev–Trinajstić information content (AvgIpc) is 3.05. The predicted octanol–water partition coefficient (Wildman–Crippen LogP) is 3.01. The first-order chi connectivity index (χ1) is 10.7. The van der Waals surface area contributed by atoms with Gasteiger partial charge < -0.3 is 15.0 Å². The molecule has 0 aliphatic heterocycles. The lowest BCUT2D eigenvalue weighted by atomic mass is 10.2. The van der Waals surface area contributed by atoms with Gasteiger partial charge in [-0.2, -0.15) is 0 Å². The van der Waals surface area contributed by atoms with Crippen LogP contribution in [0.2, 0.25) is 0 Å². The normalized spacial score (nSPS) is 11.0. The Morgan fingerprint density at radius 1 is 1.36 bits per heavy atom. The molecule has 22 heavy (non-hydrogen) atoms. The van der Waals surface area contributed by atoms with Crippen molar-refractivity contribution >= 4 is 27.5 Å². The molecule has 0 fully saturated rings. The van der Waals surface area contributed by atoms with Gasteiger partial charge in [0.1, 0.15) is 10.5 Å². The molecule has 0 spiro atoms. The number of pyridine rings is 1. The third-order valence-electron chi connectivity index (χ3n) is 3.35. The maximum atomic E-state index is 11.5. The Morgan fingerprint density at radius 2 is 2.23 bits per heavy atom. The number of hydrogen-bond acceptors (Lipinski definition) is 5. The van der Waals surface area contributed by atoms with Crippen LogP contribution in [0.1, 0.15) is 26.6 Å². The molecule has 0 amide bonds. The van der Waals surface area contributed by atoms with Gasteiger partial charge in [-0.15, -0.1) is 11.3 Å². The van der Waals surface area contributed by atoms with Crippen molar-refractivity contribution in [3.8, 4) is 0 Å². The third kappa shape index (κ3) is 3.18. The van der Waals surface area contributed by atoms with E-state index in [1.165, 1.54) is 17.6 Å². The van der Waals surface area contributed by atoms with Gasteiger partial charge in [-0.1, -0.05) is 0 Å². The quantitative estimate of drug-likeness (QED) is 0.710. The van der Waals surface area contributed by atoms with Gasteiger partial charge in [0.05, 0.1) is 7.11 Å². The third-order valence-corrected chi connectivity index (χ3v) is 4.42. The van der Waals surface area contributed by atoms with Gasteiger partial charge in [0.15, 0.2) is 0 Å². The average molecular weight is 315 g/mol. The summed E-state index contributed by atoms with van der Waals surface area (Å²) in [4.78, 5) is 21.0. The van der Waals surface area contributed by atoms with E-state index in [1.54, 1.807) is 11.3 Å². The van der Waals surface area contributed by atoms with E-state index >= 15 is 0 Å². The predicted molar refractivity (Wildman–Crippen MR) is 87.0 cm³/mol. The van der Waals surface area contributed by atoms with Crippen LogP contribution in [0.25, 0.3) is 10.2 Å². The zero-order valence-corrected chi connectivity index (χ0v) is 13.3. The smallest absolute Gasteiger partial charge is 0.354 e. The Balaban J connectivity index is 1.62. The molecule has 0 atom stereocenters. The Kier molecular flexibility index (Phi) is 4.22. The fourth-order valence-electron chi connectivity index (χ4n) is 2.33. The Bertz CT molecular complexity index is 775. The van der Waals surface area contributed by atoms with Crippen LogP contribution in [-0.4, -0.2) is 23.0 Å². The van der Waals surface area contributed by atoms with E-state index < -0.39 is 0 Å². The second kappa shape index (κ2) is 6.29. The highest BCUT2D eigenvalue weighted by molar-refractivity contribution is 7.18. The van der Waals surface area contributed by atoms with E-state index in [1.807, 2.05) is 25.3 Å². The summed E-state index contributed by atoms with van der Waals surface area (Å²) in [5, 5.41) is 4.47. The number of esters is 1. The van der Waals surface area contributed by atoms with Crippen molar-refractivity contribution < 1.29 is 9.53 Å². The van der Waals surface area contributed by atoms with Crippen molar-refractivity contribution in [3.05, 3.63) is 52.3 Å². The summed E-state index contributed by atoms with van der Waals surface area (Å²) in [7, 11) is 1.38. The molecule has 0 aromatic carbocycles. The van der Waals surface area contributed by atoms with E-state index in [0.717, 1.165) is 29.0 Å². The maximum Gasteiger partial charge on any atom is 0.354 e. The van der Waals surface area contributed by atoms with Crippen LogP contribution in [-0.2, 0) is 17.8 Å². The van der Waals surface area contributed by atoms with Crippen molar-refractivity contribution in [1.82, 2.24) is 15.3 Å². The molecule has 3 rings (SSSR count). The minimum Gasteiger partial charge on any atom is -0.464 e. The molecular formula is C16H17N3O2S. The van der Waals surface area contributed by atoms with Gasteiger partial charge in [0, 0.05) is 35.2 Å². The molecule has 2 N–H and O–H groups in total. The number of carbonyl (C=O) groups excluding carboxylic acids is 1. The lowest BCUT2D eigenvalue weighted by Crippen LogP contribution is -2.11. The summed E-state index contributed by atoms with van der Waals surface area (Å²) < 4.78 is 4.71. The zero-order valence-electron chi connectivity index (χ0n) is 12.5. The highest BCUT2D eigenvalue weighted by Gasteiger charge is 2.11. The molecule has 0 unspecified atom stereocenters. The van der Waals surface area contributed by atoms with Gasteiger partial charge in [-0.25, -0.2) is 4.79 Å². The number of ether oxygens (including phenoxy) is 1. The second-order valence-electron chi connectivity index (χ2n) is 5.08. The van der Waals surface area contributed by atoms with Gasteiger partial charge in [-0.05, 0) is 36.8 Å². The minimum atomic E-state index is -0.337. The monoisotopic (exact) mass is 315 g/mol. The van der Waals surface area contributed by atoms with Crippen LogP contribution in [0.3, 0.4) is 0 Å². The molecule has 3 aromatic rings. The molecule has 5 nitrogen and oxygen atoms in total. The summed E-state index contributed by atoms with van der Waals surface area (Å²) in [5.41, 5.74) is 2.75. The Morgan fingerprint density at radius 3 is 2.95 bits per heavy atom. The van der Waals surface area contributed by atoms with Crippen molar-refractivity contribution in [2.45, 2.75) is 20.0 Å². The number of fused-ring (bicyclic) bond motifs is 1. The first kappa shape index (κ1) is 14.7. The molecule has 6 heteroatoms. The van der Waals surface area contributed by atoms with Crippen LogP contribution in [0.5, 0.6) is 0 Å². The summed E-state index contributed by atoms with van der Waals surface area (Å²) in [6, 6.07) is 8.01.